The van der Waals surface area contributed by atoms with Crippen molar-refractivity contribution in [2.75, 3.05) is 45.6 Å². The summed E-state index contributed by atoms with van der Waals surface area (Å²) in [4.78, 5) is 21.5. The van der Waals surface area contributed by atoms with Crippen LogP contribution in [-0.4, -0.2) is 61.0 Å². The number of likely N-dealkylation sites (tertiary alicyclic amines) is 1. The Morgan fingerprint density at radius 3 is 2.68 bits per heavy atom. The summed E-state index contributed by atoms with van der Waals surface area (Å²) in [5.41, 5.74) is 2.07. The summed E-state index contributed by atoms with van der Waals surface area (Å²) in [6.45, 7) is 3.56. The standard InChI is InChI=1S/C23H32N4O/c1-26(2)15-7-14-24-22-12-11-21(18-25-22)23(28)27-16-6-10-20(13-17-27)19-8-4-3-5-9-19/h3-5,8-9,11-12,18,20H,6-7,10,13-17H2,1-2H3,(H,24,25)/t20-/m1/s1. The highest BCUT2D eigenvalue weighted by molar-refractivity contribution is 5.94. The third kappa shape index (κ3) is 5.80. The number of carbonyl (C=O) groups excluding carboxylic acids is 1. The van der Waals surface area contributed by atoms with Gasteiger partial charge in [-0.05, 0) is 69.9 Å². The number of rotatable bonds is 7. The molecule has 2 heterocycles. The smallest absolute Gasteiger partial charge is 0.255 e. The molecule has 3 rings (SSSR count). The predicted octanol–water partition coefficient (Wildman–Crippen LogP) is 3.86. The van der Waals surface area contributed by atoms with Crippen molar-refractivity contribution in [2.45, 2.75) is 31.6 Å². The molecule has 0 radical (unpaired) electrons. The number of carbonyl (C=O) groups is 1. The summed E-state index contributed by atoms with van der Waals surface area (Å²) >= 11 is 0. The summed E-state index contributed by atoms with van der Waals surface area (Å²) in [5, 5.41) is 3.32. The van der Waals surface area contributed by atoms with E-state index in [-0.39, 0.29) is 5.91 Å². The van der Waals surface area contributed by atoms with Crippen molar-refractivity contribution in [3.63, 3.8) is 0 Å². The Balaban J connectivity index is 1.52. The molecular weight excluding hydrogens is 348 g/mol. The van der Waals surface area contributed by atoms with Gasteiger partial charge in [-0.2, -0.15) is 0 Å². The van der Waals surface area contributed by atoms with Crippen molar-refractivity contribution >= 4 is 11.7 Å². The maximum atomic E-state index is 12.9. The first-order valence-electron chi connectivity index (χ1n) is 10.3. The van der Waals surface area contributed by atoms with E-state index in [0.29, 0.717) is 11.5 Å². The molecule has 5 heteroatoms. The van der Waals surface area contributed by atoms with Gasteiger partial charge < -0.3 is 15.1 Å². The van der Waals surface area contributed by atoms with E-state index in [0.717, 1.165) is 57.7 Å². The number of amides is 1. The van der Waals surface area contributed by atoms with Gasteiger partial charge in [0.25, 0.3) is 5.91 Å². The van der Waals surface area contributed by atoms with Crippen LogP contribution in [-0.2, 0) is 0 Å². The zero-order valence-electron chi connectivity index (χ0n) is 17.1. The molecule has 0 saturated carbocycles. The number of anilines is 1. The molecule has 2 aromatic rings. The van der Waals surface area contributed by atoms with E-state index in [9.17, 15) is 4.79 Å². The van der Waals surface area contributed by atoms with Gasteiger partial charge >= 0.3 is 0 Å². The van der Waals surface area contributed by atoms with Crippen LogP contribution in [0.25, 0.3) is 0 Å². The molecule has 1 aromatic carbocycles. The monoisotopic (exact) mass is 380 g/mol. The molecule has 1 aliphatic heterocycles. The van der Waals surface area contributed by atoms with E-state index in [2.05, 4.69) is 59.6 Å². The highest BCUT2D eigenvalue weighted by Crippen LogP contribution is 2.28. The van der Waals surface area contributed by atoms with Gasteiger partial charge in [-0.3, -0.25) is 4.79 Å². The molecule has 1 saturated heterocycles. The molecule has 1 amide bonds. The van der Waals surface area contributed by atoms with Crippen molar-refractivity contribution in [1.82, 2.24) is 14.8 Å². The number of benzene rings is 1. The van der Waals surface area contributed by atoms with Gasteiger partial charge in [0.1, 0.15) is 5.82 Å². The van der Waals surface area contributed by atoms with Crippen molar-refractivity contribution < 1.29 is 4.79 Å². The molecule has 1 aromatic heterocycles. The topological polar surface area (TPSA) is 48.5 Å². The second-order valence-corrected chi connectivity index (χ2v) is 7.85. The summed E-state index contributed by atoms with van der Waals surface area (Å²) in [6.07, 6.45) is 5.97. The normalized spacial score (nSPS) is 17.4. The van der Waals surface area contributed by atoms with Crippen molar-refractivity contribution in [3.05, 3.63) is 59.8 Å². The van der Waals surface area contributed by atoms with Gasteiger partial charge in [-0.15, -0.1) is 0 Å². The number of nitrogens with zero attached hydrogens (tertiary/aromatic N) is 3. The Morgan fingerprint density at radius 2 is 1.96 bits per heavy atom. The third-order valence-corrected chi connectivity index (χ3v) is 5.38. The van der Waals surface area contributed by atoms with E-state index in [1.165, 1.54) is 5.56 Å². The zero-order valence-corrected chi connectivity index (χ0v) is 17.1. The van der Waals surface area contributed by atoms with Crippen LogP contribution in [0.15, 0.2) is 48.7 Å². The minimum atomic E-state index is 0.0976. The first-order chi connectivity index (χ1) is 13.6. The van der Waals surface area contributed by atoms with E-state index < -0.39 is 0 Å². The van der Waals surface area contributed by atoms with Gasteiger partial charge in [0.2, 0.25) is 0 Å². The van der Waals surface area contributed by atoms with Gasteiger partial charge in [0.15, 0.2) is 0 Å². The van der Waals surface area contributed by atoms with Crippen LogP contribution in [0, 0.1) is 0 Å². The number of aromatic nitrogens is 1. The molecule has 1 fully saturated rings. The lowest BCUT2D eigenvalue weighted by Gasteiger charge is -2.21. The second kappa shape index (κ2) is 10.2. The minimum absolute atomic E-state index is 0.0976. The Labute approximate surface area is 168 Å². The Bertz CT molecular complexity index is 730. The number of nitrogens with one attached hydrogen (secondary N) is 1. The van der Waals surface area contributed by atoms with Crippen LogP contribution >= 0.6 is 0 Å². The summed E-state index contributed by atoms with van der Waals surface area (Å²) in [6, 6.07) is 14.5. The van der Waals surface area contributed by atoms with Gasteiger partial charge in [0.05, 0.1) is 5.56 Å². The first-order valence-corrected chi connectivity index (χ1v) is 10.3. The molecule has 5 nitrogen and oxygen atoms in total. The molecular formula is C23H32N4O. The van der Waals surface area contributed by atoms with Crippen LogP contribution in [0.1, 0.15) is 47.5 Å². The fraction of sp³-hybridized carbons (Fsp3) is 0.478. The fourth-order valence-corrected chi connectivity index (χ4v) is 3.78. The van der Waals surface area contributed by atoms with Crippen molar-refractivity contribution in [2.24, 2.45) is 0 Å². The van der Waals surface area contributed by atoms with Gasteiger partial charge in [-0.25, -0.2) is 4.98 Å². The minimum Gasteiger partial charge on any atom is -0.370 e. The Hall–Kier alpha value is -2.40. The molecule has 1 aliphatic rings. The molecule has 0 spiro atoms. The lowest BCUT2D eigenvalue weighted by atomic mass is 9.92. The molecule has 0 aliphatic carbocycles. The third-order valence-electron chi connectivity index (χ3n) is 5.38. The van der Waals surface area contributed by atoms with Crippen LogP contribution in [0.3, 0.4) is 0 Å². The Kier molecular flexibility index (Phi) is 7.43. The summed E-state index contributed by atoms with van der Waals surface area (Å²) in [7, 11) is 4.15. The second-order valence-electron chi connectivity index (χ2n) is 7.85. The molecule has 150 valence electrons. The highest BCUT2D eigenvalue weighted by atomic mass is 16.2. The Morgan fingerprint density at radius 1 is 1.14 bits per heavy atom. The van der Waals surface area contributed by atoms with E-state index in [4.69, 9.17) is 0 Å². The lowest BCUT2D eigenvalue weighted by molar-refractivity contribution is 0.0760. The molecule has 1 N–H and O–H groups in total. The van der Waals surface area contributed by atoms with E-state index in [1.807, 2.05) is 17.0 Å². The largest absolute Gasteiger partial charge is 0.370 e. The summed E-state index contributed by atoms with van der Waals surface area (Å²) in [5.74, 6) is 1.47. The van der Waals surface area contributed by atoms with Crippen LogP contribution in [0.4, 0.5) is 5.82 Å². The lowest BCUT2D eigenvalue weighted by Crippen LogP contribution is -2.32. The SMILES string of the molecule is CN(C)CCCNc1ccc(C(=O)N2CCC[C@@H](c3ccccc3)CC2)cn1. The number of hydrogen-bond acceptors (Lipinski definition) is 4. The molecule has 28 heavy (non-hydrogen) atoms. The van der Waals surface area contributed by atoms with Gasteiger partial charge in [-0.1, -0.05) is 30.3 Å². The zero-order chi connectivity index (χ0) is 19.8. The van der Waals surface area contributed by atoms with Crippen LogP contribution in [0.5, 0.6) is 0 Å². The number of hydrogen-bond donors (Lipinski definition) is 1. The average molecular weight is 381 g/mol. The van der Waals surface area contributed by atoms with Crippen LogP contribution in [0.2, 0.25) is 0 Å². The fourth-order valence-electron chi connectivity index (χ4n) is 3.78. The summed E-state index contributed by atoms with van der Waals surface area (Å²) < 4.78 is 0. The molecule has 0 unspecified atom stereocenters. The maximum absolute atomic E-state index is 12.9. The predicted molar refractivity (Wildman–Crippen MR) is 115 cm³/mol. The number of pyridine rings is 1. The van der Waals surface area contributed by atoms with Crippen molar-refractivity contribution in [3.8, 4) is 0 Å². The van der Waals surface area contributed by atoms with Crippen molar-refractivity contribution in [1.29, 1.82) is 0 Å². The average Bonchev–Trinajstić information content (AvgIpc) is 2.98. The quantitative estimate of drug-likeness (QED) is 0.741. The van der Waals surface area contributed by atoms with Gasteiger partial charge in [0, 0.05) is 25.8 Å². The van der Waals surface area contributed by atoms with E-state index in [1.54, 1.807) is 6.20 Å². The molecule has 0 bridgehead atoms. The maximum Gasteiger partial charge on any atom is 0.255 e. The van der Waals surface area contributed by atoms with E-state index >= 15 is 0 Å². The highest BCUT2D eigenvalue weighted by Gasteiger charge is 2.22. The molecule has 1 atom stereocenters. The van der Waals surface area contributed by atoms with Crippen LogP contribution < -0.4 is 5.32 Å². The first kappa shape index (κ1) is 20.3.